The smallest absolute Gasteiger partial charge is 0.268 e. The van der Waals surface area contributed by atoms with E-state index in [4.69, 9.17) is 9.05 Å². The Bertz CT molecular complexity index is 834. The SMILES string of the molecule is CCCCCC/C=C\CCCCCCCCCC(=O)NC(COP(=O)([O-])OCC[N+](C)(C)C)C(O)CCCCCCCCCCCCCCC. The van der Waals surface area contributed by atoms with Crippen LogP contribution in [0.15, 0.2) is 12.2 Å². The fourth-order valence-electron chi connectivity index (χ4n) is 6.09. The van der Waals surface area contributed by atoms with E-state index in [2.05, 4.69) is 31.3 Å². The van der Waals surface area contributed by atoms with Crippen molar-refractivity contribution in [3.63, 3.8) is 0 Å². The van der Waals surface area contributed by atoms with E-state index in [0.29, 0.717) is 23.9 Å². The molecule has 8 nitrogen and oxygen atoms in total. The van der Waals surface area contributed by atoms with Gasteiger partial charge in [-0.2, -0.15) is 0 Å². The van der Waals surface area contributed by atoms with E-state index in [0.717, 1.165) is 38.5 Å². The van der Waals surface area contributed by atoms with Crippen LogP contribution < -0.4 is 10.2 Å². The maximum Gasteiger partial charge on any atom is 0.268 e. The third kappa shape index (κ3) is 35.6. The number of unbranched alkanes of at least 4 members (excludes halogenated alkanes) is 23. The molecule has 1 amide bonds. The quantitative estimate of drug-likeness (QED) is 0.0283. The summed E-state index contributed by atoms with van der Waals surface area (Å²) in [4.78, 5) is 25.2. The van der Waals surface area contributed by atoms with E-state index in [1.54, 1.807) is 0 Å². The van der Waals surface area contributed by atoms with Gasteiger partial charge in [0.1, 0.15) is 13.2 Å². The van der Waals surface area contributed by atoms with Gasteiger partial charge in [0.2, 0.25) is 5.91 Å². The van der Waals surface area contributed by atoms with Crippen LogP contribution in [0.25, 0.3) is 0 Å². The third-order valence-electron chi connectivity index (χ3n) is 9.50. The van der Waals surface area contributed by atoms with Crippen molar-refractivity contribution in [3.05, 3.63) is 12.2 Å². The molecule has 0 saturated carbocycles. The number of carbonyl (C=O) groups excluding carboxylic acids is 1. The molecule has 0 saturated heterocycles. The number of nitrogens with one attached hydrogen (secondary N) is 1. The highest BCUT2D eigenvalue weighted by Gasteiger charge is 2.24. The molecule has 0 spiro atoms. The van der Waals surface area contributed by atoms with Gasteiger partial charge in [-0.25, -0.2) is 0 Å². The molecular formula is C41H83N2O6P. The highest BCUT2D eigenvalue weighted by molar-refractivity contribution is 7.45. The minimum absolute atomic E-state index is 0.0130. The van der Waals surface area contributed by atoms with Crippen molar-refractivity contribution in [1.29, 1.82) is 0 Å². The lowest BCUT2D eigenvalue weighted by Crippen LogP contribution is -2.46. The van der Waals surface area contributed by atoms with E-state index in [9.17, 15) is 19.4 Å². The molecule has 0 radical (unpaired) electrons. The predicted octanol–water partition coefficient (Wildman–Crippen LogP) is 10.6. The number of phosphoric ester groups is 1. The topological polar surface area (TPSA) is 108 Å². The van der Waals surface area contributed by atoms with Crippen LogP contribution in [0.3, 0.4) is 0 Å². The number of nitrogens with zero attached hydrogens (tertiary/aromatic N) is 1. The number of carbonyl (C=O) groups is 1. The first-order chi connectivity index (χ1) is 24.0. The Labute approximate surface area is 310 Å². The summed E-state index contributed by atoms with van der Waals surface area (Å²) >= 11 is 0. The number of phosphoric acid groups is 1. The average molecular weight is 731 g/mol. The summed E-state index contributed by atoms with van der Waals surface area (Å²) in [5.74, 6) is -0.170. The molecule has 0 bridgehead atoms. The second-order valence-electron chi connectivity index (χ2n) is 15.7. The number of quaternary nitrogens is 1. The number of allylic oxidation sites excluding steroid dienone is 2. The molecule has 0 rings (SSSR count). The fourth-order valence-corrected chi connectivity index (χ4v) is 6.81. The molecular weight excluding hydrogens is 647 g/mol. The van der Waals surface area contributed by atoms with Crippen molar-refractivity contribution in [2.24, 2.45) is 0 Å². The number of likely N-dealkylation sites (N-methyl/N-ethyl adjacent to an activating group) is 1. The minimum Gasteiger partial charge on any atom is -0.756 e. The fraction of sp³-hybridized carbons (Fsp3) is 0.927. The van der Waals surface area contributed by atoms with Gasteiger partial charge in [0.05, 0.1) is 39.9 Å². The number of rotatable bonds is 38. The lowest BCUT2D eigenvalue weighted by Gasteiger charge is -2.30. The highest BCUT2D eigenvalue weighted by atomic mass is 31.2. The zero-order valence-electron chi connectivity index (χ0n) is 33.6. The van der Waals surface area contributed by atoms with Gasteiger partial charge >= 0.3 is 0 Å². The van der Waals surface area contributed by atoms with Crippen LogP contribution >= 0.6 is 7.82 Å². The highest BCUT2D eigenvalue weighted by Crippen LogP contribution is 2.38. The summed E-state index contributed by atoms with van der Waals surface area (Å²) in [6, 6.07) is -0.797. The van der Waals surface area contributed by atoms with Gasteiger partial charge < -0.3 is 28.8 Å². The summed E-state index contributed by atoms with van der Waals surface area (Å²) in [5, 5.41) is 13.9. The molecule has 0 fully saturated rings. The van der Waals surface area contributed by atoms with E-state index in [1.807, 2.05) is 21.1 Å². The van der Waals surface area contributed by atoms with Crippen LogP contribution in [-0.4, -0.2) is 68.5 Å². The molecule has 0 aliphatic rings. The van der Waals surface area contributed by atoms with E-state index in [-0.39, 0.29) is 19.1 Å². The molecule has 0 aliphatic carbocycles. The Morgan fingerprint density at radius 2 is 1.10 bits per heavy atom. The summed E-state index contributed by atoms with van der Waals surface area (Å²) in [7, 11) is 1.30. The molecule has 2 N–H and O–H groups in total. The van der Waals surface area contributed by atoms with Crippen molar-refractivity contribution in [3.8, 4) is 0 Å². The van der Waals surface area contributed by atoms with Crippen LogP contribution in [-0.2, 0) is 18.4 Å². The van der Waals surface area contributed by atoms with E-state index >= 15 is 0 Å². The average Bonchev–Trinajstić information content (AvgIpc) is 3.06. The number of hydrogen-bond acceptors (Lipinski definition) is 6. The first-order valence-electron chi connectivity index (χ1n) is 21.0. The Kier molecular flexibility index (Phi) is 33.5. The zero-order chi connectivity index (χ0) is 37.2. The summed E-state index contributed by atoms with van der Waals surface area (Å²) in [5.41, 5.74) is 0. The number of amides is 1. The maximum absolute atomic E-state index is 12.8. The van der Waals surface area contributed by atoms with Crippen molar-refractivity contribution in [1.82, 2.24) is 5.32 Å². The predicted molar refractivity (Wildman–Crippen MR) is 210 cm³/mol. The molecule has 9 heteroatoms. The number of aliphatic hydroxyl groups is 1. The van der Waals surface area contributed by atoms with Gasteiger partial charge in [0.15, 0.2) is 0 Å². The Hall–Kier alpha value is -0.760. The van der Waals surface area contributed by atoms with Crippen molar-refractivity contribution < 1.29 is 32.9 Å². The molecule has 0 aliphatic heterocycles. The van der Waals surface area contributed by atoms with Gasteiger partial charge in [-0.3, -0.25) is 9.36 Å². The van der Waals surface area contributed by atoms with Gasteiger partial charge in [0.25, 0.3) is 7.82 Å². The molecule has 3 atom stereocenters. The molecule has 298 valence electrons. The van der Waals surface area contributed by atoms with Gasteiger partial charge in [-0.05, 0) is 38.5 Å². The van der Waals surface area contributed by atoms with Crippen LogP contribution in [0.1, 0.15) is 194 Å². The third-order valence-corrected chi connectivity index (χ3v) is 10.5. The van der Waals surface area contributed by atoms with E-state index < -0.39 is 20.0 Å². The van der Waals surface area contributed by atoms with E-state index in [1.165, 1.54) is 128 Å². The number of aliphatic hydroxyl groups excluding tert-OH is 1. The summed E-state index contributed by atoms with van der Waals surface area (Å²) in [6.45, 7) is 4.70. The Balaban J connectivity index is 4.40. The first-order valence-corrected chi connectivity index (χ1v) is 22.5. The summed E-state index contributed by atoms with van der Waals surface area (Å²) in [6.07, 6.45) is 36.3. The van der Waals surface area contributed by atoms with Crippen LogP contribution in [0.4, 0.5) is 0 Å². The summed E-state index contributed by atoms with van der Waals surface area (Å²) < 4.78 is 23.2. The monoisotopic (exact) mass is 731 g/mol. The number of hydrogen-bond donors (Lipinski definition) is 2. The minimum atomic E-state index is -4.56. The lowest BCUT2D eigenvalue weighted by atomic mass is 10.0. The van der Waals surface area contributed by atoms with Gasteiger partial charge in [-0.1, -0.05) is 161 Å². The van der Waals surface area contributed by atoms with Gasteiger partial charge in [0, 0.05) is 6.42 Å². The van der Waals surface area contributed by atoms with Crippen molar-refractivity contribution in [2.75, 3.05) is 40.9 Å². The van der Waals surface area contributed by atoms with Crippen LogP contribution in [0, 0.1) is 0 Å². The first kappa shape index (κ1) is 49.2. The van der Waals surface area contributed by atoms with Crippen molar-refractivity contribution >= 4 is 13.7 Å². The Morgan fingerprint density at radius 1 is 0.680 bits per heavy atom. The normalized spacial score (nSPS) is 14.6. The van der Waals surface area contributed by atoms with Crippen LogP contribution in [0.2, 0.25) is 0 Å². The zero-order valence-corrected chi connectivity index (χ0v) is 34.5. The molecule has 0 heterocycles. The lowest BCUT2D eigenvalue weighted by molar-refractivity contribution is -0.870. The largest absolute Gasteiger partial charge is 0.756 e. The van der Waals surface area contributed by atoms with Gasteiger partial charge in [-0.15, -0.1) is 0 Å². The molecule has 3 unspecified atom stereocenters. The second kappa shape index (κ2) is 34.0. The second-order valence-corrected chi connectivity index (χ2v) is 17.1. The molecule has 0 aromatic heterocycles. The standard InChI is InChI=1S/C41H83N2O6P/c1-6-8-10-12-14-16-18-20-21-23-25-27-29-31-33-35-41(45)42-39(38-49-50(46,47)48-37-36-43(3,4)5)40(44)34-32-30-28-26-24-22-19-17-15-13-11-9-7-2/h16,18,39-40,44H,6-15,17,19-38H2,1-5H3,(H-,42,45,46,47)/b18-16-. The van der Waals surface area contributed by atoms with Crippen molar-refractivity contribution in [2.45, 2.75) is 206 Å². The molecule has 0 aromatic carbocycles. The molecule has 50 heavy (non-hydrogen) atoms. The molecule has 0 aromatic rings. The maximum atomic E-state index is 12.8. The van der Waals surface area contributed by atoms with Crippen LogP contribution in [0.5, 0.6) is 0 Å². The Morgan fingerprint density at radius 3 is 1.58 bits per heavy atom.